The second-order valence-electron chi connectivity index (χ2n) is 2.69. The van der Waals surface area contributed by atoms with Crippen molar-refractivity contribution < 1.29 is 24.9 Å². The summed E-state index contributed by atoms with van der Waals surface area (Å²) in [4.78, 5) is 11.2. The fourth-order valence-corrected chi connectivity index (χ4v) is 1.20. The Bertz CT molecular complexity index is 382. The van der Waals surface area contributed by atoms with Gasteiger partial charge in [0.05, 0.1) is 0 Å². The van der Waals surface area contributed by atoms with Gasteiger partial charge in [-0.25, -0.2) is 0 Å². The monoisotopic (exact) mass is 182 g/mol. The number of rotatable bonds is 0. The molecule has 0 atom stereocenters. The van der Waals surface area contributed by atoms with Crippen LogP contribution in [0, 0.1) is 0 Å². The van der Waals surface area contributed by atoms with E-state index in [1.54, 1.807) is 0 Å². The highest BCUT2D eigenvalue weighted by Gasteiger charge is 2.47. The summed E-state index contributed by atoms with van der Waals surface area (Å²) in [6.45, 7) is 0. The topological polar surface area (TPSA) is 87.0 Å². The number of ketones is 1. The Balaban J connectivity index is 2.64. The molecule has 1 heterocycles. The first-order valence-corrected chi connectivity index (χ1v) is 3.53. The molecule has 2 rings (SSSR count). The summed E-state index contributed by atoms with van der Waals surface area (Å²) < 4.78 is 4.49. The minimum absolute atomic E-state index is 0.0324. The van der Waals surface area contributed by atoms with Crippen molar-refractivity contribution in [1.82, 2.24) is 0 Å². The number of aliphatic hydroxyl groups is 2. The molecule has 1 aromatic rings. The first-order chi connectivity index (χ1) is 6.02. The summed E-state index contributed by atoms with van der Waals surface area (Å²) in [6, 6.07) is 4.06. The smallest absolute Gasteiger partial charge is 0.391 e. The quantitative estimate of drug-likeness (QED) is 0.475. The molecule has 5 heteroatoms. The van der Waals surface area contributed by atoms with Crippen LogP contribution in [0.2, 0.25) is 0 Å². The highest BCUT2D eigenvalue weighted by atomic mass is 16.8. The van der Waals surface area contributed by atoms with Crippen molar-refractivity contribution in [3.63, 3.8) is 0 Å². The molecule has 0 radical (unpaired) electrons. The number of ether oxygens (including phenoxy) is 1. The molecule has 0 unspecified atom stereocenters. The van der Waals surface area contributed by atoms with Crippen LogP contribution in [0.3, 0.4) is 0 Å². The van der Waals surface area contributed by atoms with Crippen LogP contribution in [-0.4, -0.2) is 27.1 Å². The third kappa shape index (κ3) is 0.980. The van der Waals surface area contributed by atoms with E-state index in [-0.39, 0.29) is 17.1 Å². The van der Waals surface area contributed by atoms with Gasteiger partial charge < -0.3 is 20.1 Å². The average Bonchev–Trinajstić information content (AvgIpc) is 2.24. The Morgan fingerprint density at radius 1 is 1.31 bits per heavy atom. The molecule has 0 saturated carbocycles. The molecule has 0 fully saturated rings. The third-order valence-electron chi connectivity index (χ3n) is 1.78. The molecule has 0 bridgehead atoms. The Morgan fingerprint density at radius 3 is 2.62 bits per heavy atom. The lowest BCUT2D eigenvalue weighted by Gasteiger charge is -2.10. The maximum absolute atomic E-state index is 11.2. The molecule has 5 nitrogen and oxygen atoms in total. The van der Waals surface area contributed by atoms with Crippen LogP contribution in [0.4, 0.5) is 0 Å². The lowest BCUT2D eigenvalue weighted by molar-refractivity contribution is -0.241. The van der Waals surface area contributed by atoms with Crippen molar-refractivity contribution >= 4 is 5.78 Å². The molecule has 0 aromatic heterocycles. The average molecular weight is 182 g/mol. The molecule has 1 aliphatic rings. The van der Waals surface area contributed by atoms with Gasteiger partial charge >= 0.3 is 5.97 Å². The molecule has 68 valence electrons. The van der Waals surface area contributed by atoms with E-state index in [0.29, 0.717) is 0 Å². The lowest BCUT2D eigenvalue weighted by atomic mass is 10.1. The maximum atomic E-state index is 11.2. The molecule has 0 aliphatic carbocycles. The number of hydrogen-bond donors (Lipinski definition) is 3. The first-order valence-electron chi connectivity index (χ1n) is 3.53. The van der Waals surface area contributed by atoms with Gasteiger partial charge in [-0.1, -0.05) is 6.07 Å². The Hall–Kier alpha value is -1.59. The predicted octanol–water partition coefficient (Wildman–Crippen LogP) is -0.394. The Morgan fingerprint density at radius 2 is 2.00 bits per heavy atom. The second kappa shape index (κ2) is 2.21. The number of fused-ring (bicyclic) bond motifs is 1. The minimum atomic E-state index is -2.85. The van der Waals surface area contributed by atoms with Crippen molar-refractivity contribution in [1.29, 1.82) is 0 Å². The summed E-state index contributed by atoms with van der Waals surface area (Å²) in [5.41, 5.74) is -0.201. The van der Waals surface area contributed by atoms with Crippen LogP contribution < -0.4 is 4.74 Å². The minimum Gasteiger partial charge on any atom is -0.507 e. The molecular weight excluding hydrogens is 176 g/mol. The number of aromatic hydroxyl groups is 1. The molecule has 13 heavy (non-hydrogen) atoms. The van der Waals surface area contributed by atoms with Crippen LogP contribution in [0.1, 0.15) is 10.4 Å². The van der Waals surface area contributed by atoms with Gasteiger partial charge in [-0.05, 0) is 12.1 Å². The number of benzene rings is 1. The highest BCUT2D eigenvalue weighted by Crippen LogP contribution is 2.37. The van der Waals surface area contributed by atoms with Gasteiger partial charge in [-0.15, -0.1) is 0 Å². The summed E-state index contributed by atoms with van der Waals surface area (Å²) in [6.07, 6.45) is 0. The van der Waals surface area contributed by atoms with E-state index in [1.807, 2.05) is 0 Å². The number of carbonyl (C=O) groups is 1. The summed E-state index contributed by atoms with van der Waals surface area (Å²) in [5.74, 6) is -4.26. The zero-order valence-corrected chi connectivity index (χ0v) is 6.39. The van der Waals surface area contributed by atoms with E-state index in [4.69, 9.17) is 10.2 Å². The van der Waals surface area contributed by atoms with Gasteiger partial charge in [-0.3, -0.25) is 4.79 Å². The van der Waals surface area contributed by atoms with E-state index in [0.717, 1.165) is 0 Å². The molecule has 0 saturated heterocycles. The maximum Gasteiger partial charge on any atom is 0.391 e. The third-order valence-corrected chi connectivity index (χ3v) is 1.78. The van der Waals surface area contributed by atoms with E-state index in [2.05, 4.69) is 4.74 Å². The largest absolute Gasteiger partial charge is 0.507 e. The number of phenols is 1. The van der Waals surface area contributed by atoms with Crippen LogP contribution in [0.5, 0.6) is 11.5 Å². The summed E-state index contributed by atoms with van der Waals surface area (Å²) >= 11 is 0. The number of phenolic OH excluding ortho intramolecular Hbond substituents is 1. The number of carbonyl (C=O) groups excluding carboxylic acids is 1. The van der Waals surface area contributed by atoms with Gasteiger partial charge in [0.25, 0.3) is 5.78 Å². The van der Waals surface area contributed by atoms with Crippen molar-refractivity contribution in [2.24, 2.45) is 0 Å². The van der Waals surface area contributed by atoms with Crippen LogP contribution in [0.15, 0.2) is 18.2 Å². The van der Waals surface area contributed by atoms with E-state index >= 15 is 0 Å². The zero-order chi connectivity index (χ0) is 9.64. The fourth-order valence-electron chi connectivity index (χ4n) is 1.20. The van der Waals surface area contributed by atoms with Crippen molar-refractivity contribution in [3.8, 4) is 11.5 Å². The Kier molecular flexibility index (Phi) is 1.37. The van der Waals surface area contributed by atoms with Crippen molar-refractivity contribution in [2.45, 2.75) is 5.97 Å². The molecule has 3 N–H and O–H groups in total. The number of Topliss-reactive ketones (excluding diaryl/α,β-unsaturated/α-hetero) is 1. The zero-order valence-electron chi connectivity index (χ0n) is 6.39. The molecule has 1 aliphatic heterocycles. The second-order valence-corrected chi connectivity index (χ2v) is 2.69. The lowest BCUT2D eigenvalue weighted by Crippen LogP contribution is -2.39. The van der Waals surface area contributed by atoms with E-state index < -0.39 is 11.8 Å². The Labute approximate surface area is 72.8 Å². The van der Waals surface area contributed by atoms with Gasteiger partial charge in [-0.2, -0.15) is 0 Å². The van der Waals surface area contributed by atoms with Gasteiger partial charge in [0.15, 0.2) is 0 Å². The molecule has 1 aromatic carbocycles. The molecule has 0 spiro atoms. The van der Waals surface area contributed by atoms with Crippen LogP contribution >= 0.6 is 0 Å². The normalized spacial score (nSPS) is 18.2. The van der Waals surface area contributed by atoms with Gasteiger partial charge in [0.2, 0.25) is 0 Å². The highest BCUT2D eigenvalue weighted by molar-refractivity contribution is 6.07. The summed E-state index contributed by atoms with van der Waals surface area (Å²) in [5, 5.41) is 27.2. The standard InChI is InChI=1S/C8H6O5/c9-4-2-1-3-5-6(4)7(10)8(11,12)13-5/h1-3,9,11-12H. The van der Waals surface area contributed by atoms with Crippen molar-refractivity contribution in [3.05, 3.63) is 23.8 Å². The van der Waals surface area contributed by atoms with Crippen LogP contribution in [0.25, 0.3) is 0 Å². The number of hydrogen-bond acceptors (Lipinski definition) is 5. The predicted molar refractivity (Wildman–Crippen MR) is 40.2 cm³/mol. The fraction of sp³-hybridized carbons (Fsp3) is 0.125. The van der Waals surface area contributed by atoms with Crippen molar-refractivity contribution in [2.75, 3.05) is 0 Å². The molecular formula is C8H6O5. The van der Waals surface area contributed by atoms with Gasteiger partial charge in [0, 0.05) is 0 Å². The van der Waals surface area contributed by atoms with Gasteiger partial charge in [0.1, 0.15) is 17.1 Å². The first kappa shape index (κ1) is 8.03. The SMILES string of the molecule is O=C1c2c(O)cccc2OC1(O)O. The van der Waals surface area contributed by atoms with E-state index in [1.165, 1.54) is 18.2 Å². The van der Waals surface area contributed by atoms with E-state index in [9.17, 15) is 9.90 Å². The molecule has 0 amide bonds. The summed E-state index contributed by atoms with van der Waals surface area (Å²) in [7, 11) is 0. The van der Waals surface area contributed by atoms with Crippen LogP contribution in [-0.2, 0) is 0 Å².